The topological polar surface area (TPSA) is 80.1 Å². The average Bonchev–Trinajstić information content (AvgIpc) is 3.45. The van der Waals surface area contributed by atoms with E-state index in [9.17, 15) is 14.0 Å². The maximum atomic E-state index is 14.2. The fourth-order valence-electron chi connectivity index (χ4n) is 3.15. The second-order valence-corrected chi connectivity index (χ2v) is 8.46. The smallest absolute Gasteiger partial charge is 0.249 e. The van der Waals surface area contributed by atoms with Gasteiger partial charge in [-0.25, -0.2) is 14.1 Å². The SMILES string of the molecule is CC(=O)N(c1nc(/C=C/C(=O)Nc2ccnn2Cc2ccc(Cl)cc2)cs1)c1ccccc1F. The molecule has 0 saturated heterocycles. The summed E-state index contributed by atoms with van der Waals surface area (Å²) in [6.45, 7) is 1.81. The van der Waals surface area contributed by atoms with Crippen molar-refractivity contribution in [2.24, 2.45) is 0 Å². The summed E-state index contributed by atoms with van der Waals surface area (Å²) in [7, 11) is 0. The molecule has 7 nitrogen and oxygen atoms in total. The van der Waals surface area contributed by atoms with Crippen LogP contribution in [-0.2, 0) is 16.1 Å². The summed E-state index contributed by atoms with van der Waals surface area (Å²) in [5.41, 5.74) is 1.57. The summed E-state index contributed by atoms with van der Waals surface area (Å²) < 4.78 is 15.9. The zero-order valence-corrected chi connectivity index (χ0v) is 19.6. The average molecular weight is 496 g/mol. The molecule has 0 unspecified atom stereocenters. The highest BCUT2D eigenvalue weighted by atomic mass is 35.5. The zero-order chi connectivity index (χ0) is 24.1. The normalized spacial score (nSPS) is 11.0. The molecule has 34 heavy (non-hydrogen) atoms. The molecule has 0 atom stereocenters. The Bertz CT molecular complexity index is 1350. The molecule has 2 heterocycles. The second-order valence-electron chi connectivity index (χ2n) is 7.18. The first-order chi connectivity index (χ1) is 16.4. The lowest BCUT2D eigenvalue weighted by Crippen LogP contribution is -2.23. The van der Waals surface area contributed by atoms with Crippen molar-refractivity contribution in [3.05, 3.63) is 94.3 Å². The largest absolute Gasteiger partial charge is 0.307 e. The number of hydrogen-bond acceptors (Lipinski definition) is 5. The van der Waals surface area contributed by atoms with Gasteiger partial charge < -0.3 is 5.32 Å². The van der Waals surface area contributed by atoms with Gasteiger partial charge in [-0.15, -0.1) is 11.3 Å². The fourth-order valence-corrected chi connectivity index (χ4v) is 4.13. The van der Waals surface area contributed by atoms with Crippen LogP contribution in [0.1, 0.15) is 18.2 Å². The standard InChI is InChI=1S/C24H19ClFN5O2S/c1-16(32)31(21-5-3-2-4-20(21)26)24-28-19(15-34-24)10-11-23(33)29-22-12-13-27-30(22)14-17-6-8-18(25)9-7-17/h2-13,15H,14H2,1H3,(H,29,33)/b11-10+. The van der Waals surface area contributed by atoms with Gasteiger partial charge in [-0.2, -0.15) is 5.10 Å². The first kappa shape index (κ1) is 23.3. The number of nitrogens with zero attached hydrogens (tertiary/aromatic N) is 4. The van der Waals surface area contributed by atoms with Gasteiger partial charge >= 0.3 is 0 Å². The van der Waals surface area contributed by atoms with E-state index in [4.69, 9.17) is 11.6 Å². The number of nitrogens with one attached hydrogen (secondary N) is 1. The third-order valence-electron chi connectivity index (χ3n) is 4.73. The highest BCUT2D eigenvalue weighted by Crippen LogP contribution is 2.31. The number of hydrogen-bond donors (Lipinski definition) is 1. The van der Waals surface area contributed by atoms with Crippen LogP contribution in [0.5, 0.6) is 0 Å². The number of halogens is 2. The first-order valence-corrected chi connectivity index (χ1v) is 11.4. The number of para-hydroxylation sites is 1. The summed E-state index contributed by atoms with van der Waals surface area (Å²) in [6, 6.07) is 15.0. The Hall–Kier alpha value is -3.82. The lowest BCUT2D eigenvalue weighted by molar-refractivity contribution is -0.116. The number of carbonyl (C=O) groups excluding carboxylic acids is 2. The molecular weight excluding hydrogens is 477 g/mol. The number of anilines is 3. The molecular formula is C24H19ClFN5O2S. The van der Waals surface area contributed by atoms with Crippen LogP contribution >= 0.6 is 22.9 Å². The molecule has 0 fully saturated rings. The van der Waals surface area contributed by atoms with Crippen molar-refractivity contribution >= 4 is 57.5 Å². The summed E-state index contributed by atoms with van der Waals surface area (Å²) in [5, 5.41) is 9.66. The number of rotatable bonds is 7. The molecule has 2 aromatic heterocycles. The molecule has 2 amide bonds. The lowest BCUT2D eigenvalue weighted by Gasteiger charge is -2.18. The zero-order valence-electron chi connectivity index (χ0n) is 18.0. The van der Waals surface area contributed by atoms with Crippen LogP contribution < -0.4 is 10.2 Å². The molecule has 0 saturated carbocycles. The van der Waals surface area contributed by atoms with E-state index < -0.39 is 5.82 Å². The number of amides is 2. The molecule has 2 aromatic carbocycles. The van der Waals surface area contributed by atoms with Crippen LogP contribution in [0.15, 0.2) is 72.3 Å². The first-order valence-electron chi connectivity index (χ1n) is 10.2. The predicted octanol–water partition coefficient (Wildman–Crippen LogP) is 5.52. The van der Waals surface area contributed by atoms with Crippen molar-refractivity contribution in [2.75, 3.05) is 10.2 Å². The molecule has 0 spiro atoms. The van der Waals surface area contributed by atoms with E-state index in [1.165, 1.54) is 47.4 Å². The van der Waals surface area contributed by atoms with Gasteiger partial charge in [0, 0.05) is 29.5 Å². The highest BCUT2D eigenvalue weighted by molar-refractivity contribution is 7.14. The lowest BCUT2D eigenvalue weighted by atomic mass is 10.2. The molecule has 0 bridgehead atoms. The van der Waals surface area contributed by atoms with Gasteiger partial charge in [0.1, 0.15) is 11.6 Å². The Morgan fingerprint density at radius 3 is 2.68 bits per heavy atom. The van der Waals surface area contributed by atoms with E-state index >= 15 is 0 Å². The van der Waals surface area contributed by atoms with Crippen LogP contribution in [0.3, 0.4) is 0 Å². The Balaban J connectivity index is 1.44. The molecule has 4 rings (SSSR count). The maximum absolute atomic E-state index is 14.2. The Morgan fingerprint density at radius 2 is 1.94 bits per heavy atom. The van der Waals surface area contributed by atoms with Gasteiger partial charge in [0.05, 0.1) is 24.1 Å². The van der Waals surface area contributed by atoms with Crippen molar-refractivity contribution in [3.63, 3.8) is 0 Å². The van der Waals surface area contributed by atoms with E-state index in [0.717, 1.165) is 5.56 Å². The van der Waals surface area contributed by atoms with E-state index in [1.54, 1.807) is 46.6 Å². The number of aromatic nitrogens is 3. The van der Waals surface area contributed by atoms with Gasteiger partial charge in [0.15, 0.2) is 5.13 Å². The third kappa shape index (κ3) is 5.56. The second kappa shape index (κ2) is 10.4. The van der Waals surface area contributed by atoms with Gasteiger partial charge in [-0.05, 0) is 35.9 Å². The molecule has 1 N–H and O–H groups in total. The van der Waals surface area contributed by atoms with Gasteiger partial charge in [0.25, 0.3) is 0 Å². The Morgan fingerprint density at radius 1 is 1.18 bits per heavy atom. The van der Waals surface area contributed by atoms with Gasteiger partial charge in [-0.1, -0.05) is 35.9 Å². The summed E-state index contributed by atoms with van der Waals surface area (Å²) in [6.07, 6.45) is 4.45. The minimum atomic E-state index is -0.528. The highest BCUT2D eigenvalue weighted by Gasteiger charge is 2.20. The minimum Gasteiger partial charge on any atom is -0.307 e. The van der Waals surface area contributed by atoms with Crippen molar-refractivity contribution < 1.29 is 14.0 Å². The molecule has 172 valence electrons. The molecule has 0 aliphatic heterocycles. The minimum absolute atomic E-state index is 0.117. The van der Waals surface area contributed by atoms with Crippen molar-refractivity contribution in [1.82, 2.24) is 14.8 Å². The third-order valence-corrected chi connectivity index (χ3v) is 5.82. The quantitative estimate of drug-likeness (QED) is 0.342. The summed E-state index contributed by atoms with van der Waals surface area (Å²) in [4.78, 5) is 30.2. The molecule has 0 aliphatic rings. The van der Waals surface area contributed by atoms with Crippen molar-refractivity contribution in [1.29, 1.82) is 0 Å². The molecule has 10 heteroatoms. The predicted molar refractivity (Wildman–Crippen MR) is 132 cm³/mol. The Labute approximate surface area is 204 Å². The number of thiazole rings is 1. The van der Waals surface area contributed by atoms with Crippen molar-refractivity contribution in [2.45, 2.75) is 13.5 Å². The molecule has 0 radical (unpaired) electrons. The number of benzene rings is 2. The van der Waals surface area contributed by atoms with Crippen LogP contribution in [-0.4, -0.2) is 26.6 Å². The van der Waals surface area contributed by atoms with E-state index in [1.807, 2.05) is 12.1 Å². The maximum Gasteiger partial charge on any atom is 0.249 e. The van der Waals surface area contributed by atoms with Crippen LogP contribution in [0.4, 0.5) is 21.0 Å². The van der Waals surface area contributed by atoms with Crippen molar-refractivity contribution in [3.8, 4) is 0 Å². The molecule has 0 aliphatic carbocycles. The van der Waals surface area contributed by atoms with Crippen LogP contribution in [0, 0.1) is 5.82 Å². The van der Waals surface area contributed by atoms with E-state index in [0.29, 0.717) is 28.2 Å². The number of carbonyl (C=O) groups is 2. The summed E-state index contributed by atoms with van der Waals surface area (Å²) in [5.74, 6) is -0.739. The van der Waals surface area contributed by atoms with Gasteiger partial charge in [0.2, 0.25) is 11.8 Å². The van der Waals surface area contributed by atoms with E-state index in [2.05, 4.69) is 15.4 Å². The Kier molecular flexibility index (Phi) is 7.15. The van der Waals surface area contributed by atoms with E-state index in [-0.39, 0.29) is 17.5 Å². The van der Waals surface area contributed by atoms with Crippen LogP contribution in [0.25, 0.3) is 6.08 Å². The monoisotopic (exact) mass is 495 g/mol. The molecule has 4 aromatic rings. The fraction of sp³-hybridized carbons (Fsp3) is 0.0833. The van der Waals surface area contributed by atoms with Crippen LogP contribution in [0.2, 0.25) is 5.02 Å². The summed E-state index contributed by atoms with van der Waals surface area (Å²) >= 11 is 7.10. The van der Waals surface area contributed by atoms with Gasteiger partial charge in [-0.3, -0.25) is 14.5 Å².